The van der Waals surface area contributed by atoms with E-state index in [1.165, 1.54) is 12.1 Å². The summed E-state index contributed by atoms with van der Waals surface area (Å²) in [7, 11) is -2.07. The minimum Gasteiger partial charge on any atom is -0.351 e. The zero-order valence-electron chi connectivity index (χ0n) is 19.8. The van der Waals surface area contributed by atoms with Gasteiger partial charge in [-0.1, -0.05) is 29.8 Å². The Morgan fingerprint density at radius 3 is 2.18 bits per heavy atom. The highest BCUT2D eigenvalue weighted by Gasteiger charge is 2.25. The normalized spacial score (nSPS) is 12.4. The average molecular weight is 492 g/mol. The van der Waals surface area contributed by atoms with Crippen LogP contribution >= 0.6 is 11.8 Å². The lowest BCUT2D eigenvalue weighted by molar-refractivity contribution is -0.122. The Hall–Kier alpha value is -2.36. The van der Waals surface area contributed by atoms with Crippen molar-refractivity contribution in [3.05, 3.63) is 65.2 Å². The number of aryl methyl sites for hydroxylation is 1. The van der Waals surface area contributed by atoms with Crippen molar-refractivity contribution in [3.63, 3.8) is 0 Å². The molecule has 0 radical (unpaired) electrons. The first-order valence-electron chi connectivity index (χ1n) is 10.8. The summed E-state index contributed by atoms with van der Waals surface area (Å²) in [5.74, 6) is 0.178. The molecule has 0 bridgehead atoms. The van der Waals surface area contributed by atoms with E-state index in [0.717, 1.165) is 11.1 Å². The van der Waals surface area contributed by atoms with Gasteiger partial charge in [0.1, 0.15) is 6.04 Å². The van der Waals surface area contributed by atoms with Crippen molar-refractivity contribution in [2.45, 2.75) is 50.7 Å². The van der Waals surface area contributed by atoms with Gasteiger partial charge in [-0.25, -0.2) is 8.42 Å². The number of amides is 2. The molecule has 1 unspecified atom stereocenters. The molecule has 0 aromatic heterocycles. The third-order valence-electron chi connectivity index (χ3n) is 5.32. The topological polar surface area (TPSA) is 95.6 Å². The summed E-state index contributed by atoms with van der Waals surface area (Å²) < 4.78 is 28.1. The van der Waals surface area contributed by atoms with Crippen LogP contribution < -0.4 is 10.0 Å². The summed E-state index contributed by atoms with van der Waals surface area (Å²) in [6.07, 6.45) is 2.27. The van der Waals surface area contributed by atoms with E-state index in [-0.39, 0.29) is 29.3 Å². The first-order valence-corrected chi connectivity index (χ1v) is 13.6. The molecule has 0 saturated heterocycles. The smallest absolute Gasteiger partial charge is 0.253 e. The molecule has 2 aromatic rings. The van der Waals surface area contributed by atoms with E-state index >= 15 is 0 Å². The molecule has 0 spiro atoms. The van der Waals surface area contributed by atoms with Gasteiger partial charge in [0.15, 0.2) is 0 Å². The number of hydrogen-bond donors (Lipinski definition) is 2. The van der Waals surface area contributed by atoms with E-state index in [9.17, 15) is 18.0 Å². The van der Waals surface area contributed by atoms with Gasteiger partial charge >= 0.3 is 0 Å². The van der Waals surface area contributed by atoms with Crippen LogP contribution in [-0.4, -0.2) is 56.3 Å². The Morgan fingerprint density at radius 1 is 1.03 bits per heavy atom. The maximum absolute atomic E-state index is 12.8. The van der Waals surface area contributed by atoms with E-state index in [1.54, 1.807) is 60.1 Å². The van der Waals surface area contributed by atoms with Crippen LogP contribution in [0.15, 0.2) is 53.4 Å². The van der Waals surface area contributed by atoms with Crippen LogP contribution in [0.3, 0.4) is 0 Å². The maximum atomic E-state index is 12.8. The second-order valence-electron chi connectivity index (χ2n) is 8.19. The van der Waals surface area contributed by atoms with Crippen molar-refractivity contribution >= 4 is 33.6 Å². The van der Waals surface area contributed by atoms with E-state index in [1.807, 2.05) is 27.0 Å². The molecule has 0 aliphatic heterocycles. The van der Waals surface area contributed by atoms with E-state index in [2.05, 4.69) is 10.0 Å². The molecule has 9 heteroatoms. The van der Waals surface area contributed by atoms with Crippen molar-refractivity contribution in [2.75, 3.05) is 19.1 Å². The van der Waals surface area contributed by atoms with Gasteiger partial charge in [-0.2, -0.15) is 16.5 Å². The number of benzene rings is 2. The molecule has 1 atom stereocenters. The highest BCUT2D eigenvalue weighted by molar-refractivity contribution is 7.98. The zero-order valence-corrected chi connectivity index (χ0v) is 21.4. The fourth-order valence-electron chi connectivity index (χ4n) is 2.97. The molecule has 7 nitrogen and oxygen atoms in total. The molecule has 33 heavy (non-hydrogen) atoms. The standard InChI is InChI=1S/C24H33N3O4S2/c1-17(2)27(4)24(29)20-10-8-19(9-11-20)16-25-23(28)22(14-15-32-5)26-33(30,31)21-12-6-18(3)7-13-21/h6-13,17,22,26H,14-16H2,1-5H3,(H,25,28). The third kappa shape index (κ3) is 7.87. The van der Waals surface area contributed by atoms with Crippen molar-refractivity contribution < 1.29 is 18.0 Å². The second-order valence-corrected chi connectivity index (χ2v) is 10.9. The predicted molar refractivity (Wildman–Crippen MR) is 134 cm³/mol. The molecule has 0 heterocycles. The average Bonchev–Trinajstić information content (AvgIpc) is 2.79. The highest BCUT2D eigenvalue weighted by Crippen LogP contribution is 2.13. The lowest BCUT2D eigenvalue weighted by atomic mass is 10.1. The van der Waals surface area contributed by atoms with Crippen LogP contribution in [0.25, 0.3) is 0 Å². The van der Waals surface area contributed by atoms with Crippen LogP contribution in [0, 0.1) is 6.92 Å². The van der Waals surface area contributed by atoms with Gasteiger partial charge in [0, 0.05) is 25.2 Å². The monoisotopic (exact) mass is 491 g/mol. The number of hydrogen-bond acceptors (Lipinski definition) is 5. The fraction of sp³-hybridized carbons (Fsp3) is 0.417. The van der Waals surface area contributed by atoms with E-state index in [0.29, 0.717) is 17.7 Å². The summed E-state index contributed by atoms with van der Waals surface area (Å²) in [4.78, 5) is 27.0. The Bertz CT molecular complexity index is 1040. The molecular weight excluding hydrogens is 458 g/mol. The molecule has 2 N–H and O–H groups in total. The first kappa shape index (κ1) is 26.9. The Morgan fingerprint density at radius 2 is 1.64 bits per heavy atom. The quantitative estimate of drug-likeness (QED) is 0.503. The number of carbonyl (C=O) groups excluding carboxylic acids is 2. The Balaban J connectivity index is 2.05. The summed E-state index contributed by atoms with van der Waals surface area (Å²) in [5.41, 5.74) is 2.34. The zero-order chi connectivity index (χ0) is 24.6. The molecule has 2 amide bonds. The number of sulfonamides is 1. The van der Waals surface area contributed by atoms with Crippen molar-refractivity contribution in [3.8, 4) is 0 Å². The van der Waals surface area contributed by atoms with Crippen LogP contribution in [0.1, 0.15) is 41.8 Å². The molecule has 2 aromatic carbocycles. The number of nitrogens with one attached hydrogen (secondary N) is 2. The predicted octanol–water partition coefficient (Wildman–Crippen LogP) is 3.19. The Kier molecular flexibility index (Phi) is 9.94. The summed E-state index contributed by atoms with van der Waals surface area (Å²) in [5, 5.41) is 2.81. The molecule has 180 valence electrons. The van der Waals surface area contributed by atoms with Crippen molar-refractivity contribution in [1.29, 1.82) is 0 Å². The molecule has 0 fully saturated rings. The SMILES string of the molecule is CSCCC(NS(=O)(=O)c1ccc(C)cc1)C(=O)NCc1ccc(C(=O)N(C)C(C)C)cc1. The van der Waals surface area contributed by atoms with Gasteiger partial charge in [-0.3, -0.25) is 9.59 Å². The third-order valence-corrected chi connectivity index (χ3v) is 7.45. The fourth-order valence-corrected chi connectivity index (χ4v) is 4.67. The maximum Gasteiger partial charge on any atom is 0.253 e. The lowest BCUT2D eigenvalue weighted by Gasteiger charge is -2.21. The number of thioether (sulfide) groups is 1. The lowest BCUT2D eigenvalue weighted by Crippen LogP contribution is -2.46. The van der Waals surface area contributed by atoms with Crippen LogP contribution in [0.4, 0.5) is 0 Å². The molecule has 0 aliphatic rings. The second kappa shape index (κ2) is 12.2. The van der Waals surface area contributed by atoms with Gasteiger partial charge in [0.25, 0.3) is 5.91 Å². The van der Waals surface area contributed by atoms with Crippen LogP contribution in [-0.2, 0) is 21.4 Å². The highest BCUT2D eigenvalue weighted by atomic mass is 32.2. The number of nitrogens with zero attached hydrogens (tertiary/aromatic N) is 1. The molecule has 0 aliphatic carbocycles. The van der Waals surface area contributed by atoms with Crippen molar-refractivity contribution in [1.82, 2.24) is 14.9 Å². The number of rotatable bonds is 11. The van der Waals surface area contributed by atoms with Crippen LogP contribution in [0.2, 0.25) is 0 Å². The van der Waals surface area contributed by atoms with Crippen LogP contribution in [0.5, 0.6) is 0 Å². The molecule has 2 rings (SSSR count). The minimum absolute atomic E-state index is 0.0665. The van der Waals surface area contributed by atoms with Gasteiger partial charge < -0.3 is 10.2 Å². The van der Waals surface area contributed by atoms with Gasteiger partial charge in [-0.05, 0) is 69.0 Å². The number of carbonyl (C=O) groups is 2. The van der Waals surface area contributed by atoms with Gasteiger partial charge in [0.05, 0.1) is 4.90 Å². The summed E-state index contributed by atoms with van der Waals surface area (Å²) in [6.45, 7) is 6.00. The molecular formula is C24H33N3O4S2. The Labute approximate surface area is 201 Å². The summed E-state index contributed by atoms with van der Waals surface area (Å²) >= 11 is 1.54. The van der Waals surface area contributed by atoms with E-state index in [4.69, 9.17) is 0 Å². The minimum atomic E-state index is -3.83. The van der Waals surface area contributed by atoms with Gasteiger partial charge in [0.2, 0.25) is 15.9 Å². The molecule has 0 saturated carbocycles. The van der Waals surface area contributed by atoms with E-state index < -0.39 is 16.1 Å². The summed E-state index contributed by atoms with van der Waals surface area (Å²) in [6, 6.07) is 12.7. The van der Waals surface area contributed by atoms with Crippen molar-refractivity contribution in [2.24, 2.45) is 0 Å². The first-order chi connectivity index (χ1) is 15.5. The largest absolute Gasteiger partial charge is 0.351 e. The van der Waals surface area contributed by atoms with Gasteiger partial charge in [-0.15, -0.1) is 0 Å².